The SMILES string of the molecule is COc1cc(C)oc(=O)c1[Si](C)(C)C. The fourth-order valence-corrected chi connectivity index (χ4v) is 3.00. The van der Waals surface area contributed by atoms with Crippen LogP contribution in [-0.2, 0) is 0 Å². The Morgan fingerprint density at radius 2 is 1.93 bits per heavy atom. The molecule has 1 aromatic heterocycles. The quantitative estimate of drug-likeness (QED) is 0.697. The Bertz CT molecular complexity index is 387. The molecule has 78 valence electrons. The first-order valence-electron chi connectivity index (χ1n) is 4.55. The zero-order chi connectivity index (χ0) is 10.9. The Hall–Kier alpha value is -1.03. The minimum absolute atomic E-state index is 0.249. The van der Waals surface area contributed by atoms with Crippen molar-refractivity contribution in [3.05, 3.63) is 22.2 Å². The number of hydrogen-bond acceptors (Lipinski definition) is 3. The standard InChI is InChI=1S/C10H16O3Si/c1-7-6-8(12-2)9(10(11)13-7)14(3,4)5/h6H,1-5H3. The zero-order valence-electron chi connectivity index (χ0n) is 9.30. The van der Waals surface area contributed by atoms with Crippen molar-refractivity contribution in [1.82, 2.24) is 0 Å². The van der Waals surface area contributed by atoms with Gasteiger partial charge in [0.15, 0.2) is 0 Å². The van der Waals surface area contributed by atoms with Crippen molar-refractivity contribution >= 4 is 13.3 Å². The second kappa shape index (κ2) is 3.61. The Labute approximate surface area is 84.7 Å². The van der Waals surface area contributed by atoms with Gasteiger partial charge in [0.1, 0.15) is 11.5 Å². The summed E-state index contributed by atoms with van der Waals surface area (Å²) in [4.78, 5) is 11.7. The molecule has 0 radical (unpaired) electrons. The van der Waals surface area contributed by atoms with Crippen molar-refractivity contribution in [3.63, 3.8) is 0 Å². The van der Waals surface area contributed by atoms with Crippen molar-refractivity contribution in [2.24, 2.45) is 0 Å². The maximum Gasteiger partial charge on any atom is 0.338 e. The van der Waals surface area contributed by atoms with Crippen molar-refractivity contribution in [1.29, 1.82) is 0 Å². The lowest BCUT2D eigenvalue weighted by Crippen LogP contribution is -2.47. The predicted molar refractivity (Wildman–Crippen MR) is 59.2 cm³/mol. The molecule has 1 heterocycles. The van der Waals surface area contributed by atoms with Crippen LogP contribution in [0, 0.1) is 6.92 Å². The van der Waals surface area contributed by atoms with Crippen molar-refractivity contribution in [3.8, 4) is 5.75 Å². The highest BCUT2D eigenvalue weighted by molar-refractivity contribution is 6.89. The van der Waals surface area contributed by atoms with Crippen LogP contribution in [0.15, 0.2) is 15.3 Å². The Balaban J connectivity index is 3.49. The molecule has 14 heavy (non-hydrogen) atoms. The van der Waals surface area contributed by atoms with E-state index in [1.165, 1.54) is 0 Å². The molecule has 1 aromatic rings. The van der Waals surface area contributed by atoms with Gasteiger partial charge in [-0.1, -0.05) is 19.6 Å². The van der Waals surface area contributed by atoms with E-state index in [1.807, 2.05) is 0 Å². The van der Waals surface area contributed by atoms with Crippen molar-refractivity contribution < 1.29 is 9.15 Å². The highest BCUT2D eigenvalue weighted by Crippen LogP contribution is 2.12. The van der Waals surface area contributed by atoms with Crippen LogP contribution < -0.4 is 15.5 Å². The van der Waals surface area contributed by atoms with Gasteiger partial charge in [-0.05, 0) is 6.92 Å². The lowest BCUT2D eigenvalue weighted by molar-refractivity contribution is 0.402. The lowest BCUT2D eigenvalue weighted by Gasteiger charge is -2.17. The van der Waals surface area contributed by atoms with E-state index in [1.54, 1.807) is 20.1 Å². The number of ether oxygens (including phenoxy) is 1. The van der Waals surface area contributed by atoms with Gasteiger partial charge < -0.3 is 9.15 Å². The summed E-state index contributed by atoms with van der Waals surface area (Å²) in [5.74, 6) is 1.26. The summed E-state index contributed by atoms with van der Waals surface area (Å²) in [7, 11) is -0.116. The van der Waals surface area contributed by atoms with Crippen LogP contribution in [-0.4, -0.2) is 15.2 Å². The second-order valence-electron chi connectivity index (χ2n) is 4.34. The monoisotopic (exact) mass is 212 g/mol. The van der Waals surface area contributed by atoms with Crippen LogP contribution in [0.4, 0.5) is 0 Å². The lowest BCUT2D eigenvalue weighted by atomic mass is 10.4. The largest absolute Gasteiger partial charge is 0.496 e. The molecule has 0 saturated heterocycles. The van der Waals surface area contributed by atoms with E-state index in [4.69, 9.17) is 9.15 Å². The number of methoxy groups -OCH3 is 1. The third kappa shape index (κ3) is 2.07. The first-order chi connectivity index (χ1) is 6.36. The van der Waals surface area contributed by atoms with Crippen LogP contribution in [0.5, 0.6) is 5.75 Å². The van der Waals surface area contributed by atoms with Gasteiger partial charge in [-0.2, -0.15) is 0 Å². The van der Waals surface area contributed by atoms with Gasteiger partial charge in [0.25, 0.3) is 0 Å². The molecule has 0 unspecified atom stereocenters. The minimum atomic E-state index is -1.70. The number of aryl methyl sites for hydroxylation is 1. The molecule has 0 N–H and O–H groups in total. The Morgan fingerprint density at radius 1 is 1.36 bits per heavy atom. The van der Waals surface area contributed by atoms with E-state index in [0.717, 1.165) is 5.19 Å². The summed E-state index contributed by atoms with van der Waals surface area (Å²) in [6.45, 7) is 8.03. The number of rotatable bonds is 2. The fourth-order valence-electron chi connectivity index (χ4n) is 1.42. The van der Waals surface area contributed by atoms with Crippen molar-refractivity contribution in [2.45, 2.75) is 26.6 Å². The van der Waals surface area contributed by atoms with Gasteiger partial charge in [-0.3, -0.25) is 0 Å². The molecule has 3 nitrogen and oxygen atoms in total. The average Bonchev–Trinajstić information content (AvgIpc) is 1.99. The molecule has 1 rings (SSSR count). The molecule has 4 heteroatoms. The van der Waals surface area contributed by atoms with Gasteiger partial charge in [0.2, 0.25) is 0 Å². The molecule has 0 saturated carbocycles. The first kappa shape index (κ1) is 11.0. The van der Waals surface area contributed by atoms with Crippen LogP contribution in [0.25, 0.3) is 0 Å². The summed E-state index contributed by atoms with van der Waals surface area (Å²) < 4.78 is 10.3. The Morgan fingerprint density at radius 3 is 2.36 bits per heavy atom. The predicted octanol–water partition coefficient (Wildman–Crippen LogP) is 1.50. The molecule has 0 spiro atoms. The fraction of sp³-hybridized carbons (Fsp3) is 0.500. The normalized spacial score (nSPS) is 11.5. The summed E-state index contributed by atoms with van der Waals surface area (Å²) in [5.41, 5.74) is -0.249. The summed E-state index contributed by atoms with van der Waals surface area (Å²) in [5, 5.41) is 0.727. The van der Waals surface area contributed by atoms with E-state index in [0.29, 0.717) is 11.5 Å². The smallest absolute Gasteiger partial charge is 0.338 e. The van der Waals surface area contributed by atoms with Crippen LogP contribution in [0.2, 0.25) is 19.6 Å². The molecular weight excluding hydrogens is 196 g/mol. The summed E-state index contributed by atoms with van der Waals surface area (Å²) >= 11 is 0. The van der Waals surface area contributed by atoms with Crippen LogP contribution in [0.1, 0.15) is 5.76 Å². The third-order valence-electron chi connectivity index (χ3n) is 2.01. The van der Waals surface area contributed by atoms with Gasteiger partial charge >= 0.3 is 5.63 Å². The highest BCUT2D eigenvalue weighted by Gasteiger charge is 2.26. The van der Waals surface area contributed by atoms with Crippen molar-refractivity contribution in [2.75, 3.05) is 7.11 Å². The highest BCUT2D eigenvalue weighted by atomic mass is 28.3. The molecule has 0 fully saturated rings. The van der Waals surface area contributed by atoms with Crippen LogP contribution in [0.3, 0.4) is 0 Å². The molecule has 0 amide bonds. The van der Waals surface area contributed by atoms with E-state index >= 15 is 0 Å². The van der Waals surface area contributed by atoms with Crippen LogP contribution >= 0.6 is 0 Å². The second-order valence-corrected chi connectivity index (χ2v) is 9.34. The van der Waals surface area contributed by atoms with Gasteiger partial charge in [0.05, 0.1) is 20.4 Å². The molecule has 0 aliphatic carbocycles. The van der Waals surface area contributed by atoms with Gasteiger partial charge in [-0.15, -0.1) is 0 Å². The van der Waals surface area contributed by atoms with E-state index < -0.39 is 8.07 Å². The van der Waals surface area contributed by atoms with E-state index in [9.17, 15) is 4.79 Å². The molecule has 0 bridgehead atoms. The van der Waals surface area contributed by atoms with E-state index in [2.05, 4.69) is 19.6 Å². The minimum Gasteiger partial charge on any atom is -0.496 e. The Kier molecular flexibility index (Phi) is 2.85. The summed E-state index contributed by atoms with van der Waals surface area (Å²) in [6.07, 6.45) is 0. The van der Waals surface area contributed by atoms with Gasteiger partial charge in [0, 0.05) is 6.07 Å². The molecule has 0 aliphatic rings. The van der Waals surface area contributed by atoms with E-state index in [-0.39, 0.29) is 5.63 Å². The number of hydrogen-bond donors (Lipinski definition) is 0. The zero-order valence-corrected chi connectivity index (χ0v) is 10.3. The molecular formula is C10H16O3Si. The third-order valence-corrected chi connectivity index (χ3v) is 3.96. The molecule has 0 aliphatic heterocycles. The average molecular weight is 212 g/mol. The molecule has 0 atom stereocenters. The molecule has 0 aromatic carbocycles. The summed E-state index contributed by atoms with van der Waals surface area (Å²) in [6, 6.07) is 1.77. The van der Waals surface area contributed by atoms with Gasteiger partial charge in [-0.25, -0.2) is 4.79 Å². The topological polar surface area (TPSA) is 39.4 Å². The maximum atomic E-state index is 11.7. The first-order valence-corrected chi connectivity index (χ1v) is 8.05. The maximum absolute atomic E-state index is 11.7.